The van der Waals surface area contributed by atoms with Gasteiger partial charge in [-0.05, 0) is 43.4 Å². The summed E-state index contributed by atoms with van der Waals surface area (Å²) in [4.78, 5) is 72.9. The first kappa shape index (κ1) is 98.1. The van der Waals surface area contributed by atoms with Gasteiger partial charge in [-0.3, -0.25) is 37.3 Å². The predicted octanol–water partition coefficient (Wildman–Crippen LogP) is 24.1. The van der Waals surface area contributed by atoms with Crippen LogP contribution < -0.4 is 0 Å². The van der Waals surface area contributed by atoms with E-state index in [2.05, 4.69) is 48.5 Å². The lowest BCUT2D eigenvalue weighted by Gasteiger charge is -2.21. The molecule has 3 unspecified atom stereocenters. The minimum Gasteiger partial charge on any atom is -0.462 e. The Kier molecular flexibility index (Phi) is 69.9. The molecule has 594 valence electrons. The number of esters is 4. The van der Waals surface area contributed by atoms with Crippen molar-refractivity contribution >= 4 is 39.5 Å². The zero-order chi connectivity index (χ0) is 73.7. The number of aliphatic hydroxyl groups excluding tert-OH is 1. The Hall–Kier alpha value is -1.94. The molecule has 0 radical (unpaired) electrons. The summed E-state index contributed by atoms with van der Waals surface area (Å²) in [5.74, 6) is 0.128. The van der Waals surface area contributed by atoms with Gasteiger partial charge in [0.1, 0.15) is 19.3 Å². The Bertz CT molecular complexity index is 1940. The van der Waals surface area contributed by atoms with E-state index < -0.39 is 97.5 Å². The highest BCUT2D eigenvalue weighted by atomic mass is 31.2. The van der Waals surface area contributed by atoms with E-state index in [-0.39, 0.29) is 25.7 Å². The van der Waals surface area contributed by atoms with E-state index in [9.17, 15) is 43.2 Å². The molecule has 0 heterocycles. The summed E-state index contributed by atoms with van der Waals surface area (Å²) in [7, 11) is -9.92. The third kappa shape index (κ3) is 73.0. The van der Waals surface area contributed by atoms with Crippen LogP contribution in [0.5, 0.6) is 0 Å². The van der Waals surface area contributed by atoms with E-state index in [1.54, 1.807) is 0 Å². The van der Waals surface area contributed by atoms with E-state index in [1.807, 2.05) is 0 Å². The van der Waals surface area contributed by atoms with Gasteiger partial charge in [0.15, 0.2) is 12.2 Å². The SMILES string of the molecule is CCCCCCCCCCCCCCCCCCCCCC(=O)OC[C@H](COP(=O)(O)OC[C@@H](O)COP(=O)(O)OC[C@@H](COC(=O)CCCCCCCCC(C)C)OC(=O)CCCCCCCCCC(C)C)OC(=O)CCCCCCCCCCCCCCCCCCCCC(C)CC. The van der Waals surface area contributed by atoms with Crippen molar-refractivity contribution in [2.45, 2.75) is 439 Å². The fraction of sp³-hybridized carbons (Fsp3) is 0.951. The maximum absolute atomic E-state index is 13.1. The van der Waals surface area contributed by atoms with Crippen molar-refractivity contribution in [2.75, 3.05) is 39.6 Å². The van der Waals surface area contributed by atoms with Crippen molar-refractivity contribution in [1.82, 2.24) is 0 Å². The second-order valence-corrected chi connectivity index (χ2v) is 33.3. The monoisotopic (exact) mass is 1470 g/mol. The number of hydrogen-bond acceptors (Lipinski definition) is 15. The van der Waals surface area contributed by atoms with Crippen LogP contribution in [0, 0.1) is 17.8 Å². The van der Waals surface area contributed by atoms with Crippen LogP contribution in [0.3, 0.4) is 0 Å². The molecule has 0 fully saturated rings. The highest BCUT2D eigenvalue weighted by molar-refractivity contribution is 7.47. The number of rotatable bonds is 79. The standard InChI is InChI=1S/C81H158O17P2/c1-8-10-11-12-13-14-15-16-17-18-19-23-26-29-32-35-40-48-55-62-78(83)91-68-76(97-80(85)64-57-50-41-36-33-30-27-24-21-20-22-25-28-31-34-39-47-54-61-74(7)9-2)70-95-99(87,88)93-66-75(82)67-94-100(89,90)96-71-77(69-92-79(84)63-56-49-44-43-46-53-60-73(5)6)98-81(86)65-58-51-42-37-38-45-52-59-72(3)4/h72-77,82H,8-71H2,1-7H3,(H,87,88)(H,89,90)/t74?,75-,76-,77-/m1/s1. The average molecular weight is 1470 g/mol. The summed E-state index contributed by atoms with van der Waals surface area (Å²) in [6, 6.07) is 0. The molecule has 0 bridgehead atoms. The van der Waals surface area contributed by atoms with E-state index in [4.69, 9.17) is 37.0 Å². The van der Waals surface area contributed by atoms with Gasteiger partial charge in [-0.2, -0.15) is 0 Å². The lowest BCUT2D eigenvalue weighted by molar-refractivity contribution is -0.161. The Balaban J connectivity index is 5.17. The molecule has 0 spiro atoms. The summed E-state index contributed by atoms with van der Waals surface area (Å²) >= 11 is 0. The minimum atomic E-state index is -4.96. The highest BCUT2D eigenvalue weighted by Gasteiger charge is 2.30. The van der Waals surface area contributed by atoms with Crippen LogP contribution in [0.1, 0.15) is 421 Å². The smallest absolute Gasteiger partial charge is 0.462 e. The molecule has 0 aliphatic rings. The second-order valence-electron chi connectivity index (χ2n) is 30.4. The van der Waals surface area contributed by atoms with Crippen molar-refractivity contribution in [3.8, 4) is 0 Å². The van der Waals surface area contributed by atoms with Crippen molar-refractivity contribution in [3.63, 3.8) is 0 Å². The molecule has 19 heteroatoms. The van der Waals surface area contributed by atoms with Crippen LogP contribution in [0.25, 0.3) is 0 Å². The van der Waals surface area contributed by atoms with Gasteiger partial charge in [0.2, 0.25) is 0 Å². The maximum Gasteiger partial charge on any atom is 0.472 e. The molecule has 0 amide bonds. The van der Waals surface area contributed by atoms with Crippen LogP contribution in [0.15, 0.2) is 0 Å². The fourth-order valence-electron chi connectivity index (χ4n) is 12.5. The van der Waals surface area contributed by atoms with Gasteiger partial charge >= 0.3 is 39.5 Å². The molecule has 0 aromatic heterocycles. The molecular weight excluding hydrogens is 1310 g/mol. The summed E-state index contributed by atoms with van der Waals surface area (Å²) in [6.07, 6.45) is 60.1. The van der Waals surface area contributed by atoms with Gasteiger partial charge in [-0.1, -0.05) is 370 Å². The highest BCUT2D eigenvalue weighted by Crippen LogP contribution is 2.45. The van der Waals surface area contributed by atoms with Gasteiger partial charge in [-0.15, -0.1) is 0 Å². The molecule has 0 saturated carbocycles. The van der Waals surface area contributed by atoms with Gasteiger partial charge in [0, 0.05) is 25.7 Å². The molecule has 0 aliphatic heterocycles. The molecule has 0 rings (SSSR count). The van der Waals surface area contributed by atoms with Crippen molar-refractivity contribution in [2.24, 2.45) is 17.8 Å². The van der Waals surface area contributed by atoms with Crippen molar-refractivity contribution in [3.05, 3.63) is 0 Å². The van der Waals surface area contributed by atoms with Crippen molar-refractivity contribution in [1.29, 1.82) is 0 Å². The van der Waals surface area contributed by atoms with Gasteiger partial charge < -0.3 is 33.8 Å². The van der Waals surface area contributed by atoms with Gasteiger partial charge in [0.25, 0.3) is 0 Å². The summed E-state index contributed by atoms with van der Waals surface area (Å²) in [6.45, 7) is 11.8. The fourth-order valence-corrected chi connectivity index (χ4v) is 14.0. The van der Waals surface area contributed by atoms with Crippen LogP contribution in [-0.4, -0.2) is 96.7 Å². The molecule has 6 atom stereocenters. The Morgan fingerprint density at radius 3 is 0.760 bits per heavy atom. The lowest BCUT2D eigenvalue weighted by atomic mass is 9.99. The number of ether oxygens (including phenoxy) is 4. The number of phosphoric ester groups is 2. The first-order valence-corrected chi connectivity index (χ1v) is 44.9. The predicted molar refractivity (Wildman–Crippen MR) is 409 cm³/mol. The molecule has 0 aromatic rings. The molecule has 100 heavy (non-hydrogen) atoms. The zero-order valence-corrected chi connectivity index (χ0v) is 67.5. The van der Waals surface area contributed by atoms with Gasteiger partial charge in [0.05, 0.1) is 26.4 Å². The van der Waals surface area contributed by atoms with E-state index in [1.165, 1.54) is 225 Å². The number of hydrogen-bond donors (Lipinski definition) is 3. The van der Waals surface area contributed by atoms with E-state index >= 15 is 0 Å². The quantitative estimate of drug-likeness (QED) is 0.0222. The number of carbonyl (C=O) groups is 4. The Morgan fingerprint density at radius 2 is 0.510 bits per heavy atom. The molecular formula is C81H158O17P2. The van der Waals surface area contributed by atoms with Crippen LogP contribution in [0.2, 0.25) is 0 Å². The topological polar surface area (TPSA) is 237 Å². The number of carbonyl (C=O) groups excluding carboxylic acids is 4. The Morgan fingerprint density at radius 1 is 0.290 bits per heavy atom. The summed E-state index contributed by atoms with van der Waals surface area (Å²) in [5.41, 5.74) is 0. The summed E-state index contributed by atoms with van der Waals surface area (Å²) < 4.78 is 68.6. The van der Waals surface area contributed by atoms with E-state index in [0.717, 1.165) is 102 Å². The van der Waals surface area contributed by atoms with Crippen LogP contribution in [-0.2, 0) is 65.4 Å². The first-order valence-electron chi connectivity index (χ1n) is 41.9. The zero-order valence-electron chi connectivity index (χ0n) is 65.7. The van der Waals surface area contributed by atoms with Crippen molar-refractivity contribution < 1.29 is 80.2 Å². The number of aliphatic hydroxyl groups is 1. The van der Waals surface area contributed by atoms with Crippen LogP contribution in [0.4, 0.5) is 0 Å². The van der Waals surface area contributed by atoms with Crippen LogP contribution >= 0.6 is 15.6 Å². The molecule has 3 N–H and O–H groups in total. The van der Waals surface area contributed by atoms with E-state index in [0.29, 0.717) is 37.5 Å². The second kappa shape index (κ2) is 71.3. The lowest BCUT2D eigenvalue weighted by Crippen LogP contribution is -2.30. The molecule has 0 aromatic carbocycles. The maximum atomic E-state index is 13.1. The third-order valence-corrected chi connectivity index (χ3v) is 21.1. The third-order valence-electron chi connectivity index (χ3n) is 19.2. The number of phosphoric acid groups is 2. The van der Waals surface area contributed by atoms with Gasteiger partial charge in [-0.25, -0.2) is 9.13 Å². The normalized spacial score (nSPS) is 14.2. The summed E-state index contributed by atoms with van der Waals surface area (Å²) in [5, 5.41) is 10.6. The average Bonchev–Trinajstić information content (AvgIpc) is 0.932. The molecule has 0 aliphatic carbocycles. The first-order chi connectivity index (χ1) is 48.3. The number of unbranched alkanes of at least 4 members (excludes halogenated alkanes) is 46. The molecule has 0 saturated heterocycles. The molecule has 17 nitrogen and oxygen atoms in total. The largest absolute Gasteiger partial charge is 0.472 e. The minimum absolute atomic E-state index is 0.102. The Labute approximate surface area is 613 Å².